The van der Waals surface area contributed by atoms with Crippen LogP contribution < -0.4 is 0 Å². The summed E-state index contributed by atoms with van der Waals surface area (Å²) in [5, 5.41) is 1.11. The Kier molecular flexibility index (Phi) is 6.22. The molecular weight excluding hydrogens is 286 g/mol. The molecule has 1 saturated carbocycles. The maximum absolute atomic E-state index is 3.59. The second kappa shape index (κ2) is 7.96. The van der Waals surface area contributed by atoms with E-state index in [0.29, 0.717) is 0 Å². The number of benzene rings is 1. The molecule has 0 N–H and O–H groups in total. The number of halogens is 1. The monoisotopic (exact) mass is 309 g/mol. The molecular formula is C16H24BrN. The van der Waals surface area contributed by atoms with E-state index in [4.69, 9.17) is 0 Å². The molecule has 100 valence electrons. The van der Waals surface area contributed by atoms with Crippen LogP contribution in [0.15, 0.2) is 30.3 Å². The molecule has 1 aliphatic rings. The van der Waals surface area contributed by atoms with E-state index in [0.717, 1.165) is 11.4 Å². The van der Waals surface area contributed by atoms with Crippen molar-refractivity contribution in [3.05, 3.63) is 35.9 Å². The van der Waals surface area contributed by atoms with E-state index in [1.165, 1.54) is 57.2 Å². The Morgan fingerprint density at radius 2 is 1.78 bits per heavy atom. The van der Waals surface area contributed by atoms with Crippen LogP contribution in [0.25, 0.3) is 0 Å². The second-order valence-corrected chi connectivity index (χ2v) is 6.05. The average molecular weight is 310 g/mol. The summed E-state index contributed by atoms with van der Waals surface area (Å²) in [5.41, 5.74) is 1.47. The molecule has 0 unspecified atom stereocenters. The lowest BCUT2D eigenvalue weighted by Crippen LogP contribution is -2.35. The highest BCUT2D eigenvalue weighted by Crippen LogP contribution is 2.23. The molecule has 0 bridgehead atoms. The van der Waals surface area contributed by atoms with E-state index >= 15 is 0 Å². The molecule has 1 fully saturated rings. The molecule has 2 rings (SSSR count). The van der Waals surface area contributed by atoms with Crippen molar-refractivity contribution in [2.75, 3.05) is 18.4 Å². The quantitative estimate of drug-likeness (QED) is 0.680. The van der Waals surface area contributed by atoms with Gasteiger partial charge in [0.1, 0.15) is 0 Å². The fourth-order valence-electron chi connectivity index (χ4n) is 2.99. The van der Waals surface area contributed by atoms with Crippen LogP contribution in [0.2, 0.25) is 0 Å². The number of rotatable bonds is 7. The zero-order chi connectivity index (χ0) is 12.6. The van der Waals surface area contributed by atoms with Gasteiger partial charge in [-0.1, -0.05) is 59.1 Å². The molecule has 1 aromatic carbocycles. The number of hydrogen-bond donors (Lipinski definition) is 0. The fourth-order valence-corrected chi connectivity index (χ4v) is 3.44. The van der Waals surface area contributed by atoms with Gasteiger partial charge in [-0.05, 0) is 37.8 Å². The molecule has 0 atom stereocenters. The first-order valence-corrected chi connectivity index (χ1v) is 8.36. The van der Waals surface area contributed by atoms with Gasteiger partial charge in [0.05, 0.1) is 0 Å². The van der Waals surface area contributed by atoms with E-state index in [1.54, 1.807) is 0 Å². The molecule has 0 amide bonds. The topological polar surface area (TPSA) is 3.24 Å². The van der Waals surface area contributed by atoms with E-state index < -0.39 is 0 Å². The maximum Gasteiger partial charge on any atom is 0.0159 e. The number of alkyl halides is 1. The summed E-state index contributed by atoms with van der Waals surface area (Å²) in [6.45, 7) is 2.46. The molecule has 1 aromatic rings. The first kappa shape index (κ1) is 14.1. The minimum Gasteiger partial charge on any atom is -0.300 e. The summed E-state index contributed by atoms with van der Waals surface area (Å²) in [6.07, 6.45) is 8.20. The van der Waals surface area contributed by atoms with Gasteiger partial charge in [0.25, 0.3) is 0 Å². The highest BCUT2D eigenvalue weighted by molar-refractivity contribution is 9.09. The molecule has 0 aromatic heterocycles. The summed E-state index contributed by atoms with van der Waals surface area (Å²) < 4.78 is 0. The molecule has 2 heteroatoms. The lowest BCUT2D eigenvalue weighted by Gasteiger charge is -2.28. The smallest absolute Gasteiger partial charge is 0.0159 e. The Morgan fingerprint density at radius 3 is 2.44 bits per heavy atom. The van der Waals surface area contributed by atoms with Gasteiger partial charge in [0.15, 0.2) is 0 Å². The minimum atomic E-state index is 0.860. The summed E-state index contributed by atoms with van der Waals surface area (Å²) in [4.78, 5) is 2.70. The summed E-state index contributed by atoms with van der Waals surface area (Å²) in [6, 6.07) is 11.7. The third-order valence-electron chi connectivity index (χ3n) is 3.97. The average Bonchev–Trinajstić information content (AvgIpc) is 2.93. The molecule has 0 aliphatic heterocycles. The standard InChI is InChI=1S/C16H24BrN/c17-12-14-18(16-10-4-5-11-16)13-6-9-15-7-2-1-3-8-15/h1-3,7-8,16H,4-6,9-14H2. The van der Waals surface area contributed by atoms with Crippen molar-refractivity contribution in [2.45, 2.75) is 44.6 Å². The van der Waals surface area contributed by atoms with Crippen molar-refractivity contribution >= 4 is 15.9 Å². The first-order valence-electron chi connectivity index (χ1n) is 7.24. The highest BCUT2D eigenvalue weighted by atomic mass is 79.9. The fraction of sp³-hybridized carbons (Fsp3) is 0.625. The Morgan fingerprint density at radius 1 is 1.06 bits per heavy atom. The van der Waals surface area contributed by atoms with Crippen molar-refractivity contribution in [1.29, 1.82) is 0 Å². The predicted molar refractivity (Wildman–Crippen MR) is 82.4 cm³/mol. The number of aryl methyl sites for hydroxylation is 1. The number of nitrogens with zero attached hydrogens (tertiary/aromatic N) is 1. The van der Waals surface area contributed by atoms with Gasteiger partial charge in [-0.2, -0.15) is 0 Å². The van der Waals surface area contributed by atoms with Gasteiger partial charge in [-0.3, -0.25) is 4.90 Å². The van der Waals surface area contributed by atoms with E-state index in [2.05, 4.69) is 51.2 Å². The normalized spacial score (nSPS) is 16.6. The van der Waals surface area contributed by atoms with Crippen LogP contribution in [0, 0.1) is 0 Å². The van der Waals surface area contributed by atoms with Crippen LogP contribution >= 0.6 is 15.9 Å². The molecule has 0 heterocycles. The van der Waals surface area contributed by atoms with Crippen LogP contribution in [0.5, 0.6) is 0 Å². The molecule has 1 nitrogen and oxygen atoms in total. The Hall–Kier alpha value is -0.340. The number of hydrogen-bond acceptors (Lipinski definition) is 1. The molecule has 1 aliphatic carbocycles. The third kappa shape index (κ3) is 4.40. The summed E-state index contributed by atoms with van der Waals surface area (Å²) in [7, 11) is 0. The molecule has 0 saturated heterocycles. The van der Waals surface area contributed by atoms with Gasteiger partial charge in [-0.15, -0.1) is 0 Å². The van der Waals surface area contributed by atoms with Gasteiger partial charge < -0.3 is 0 Å². The second-order valence-electron chi connectivity index (χ2n) is 5.25. The minimum absolute atomic E-state index is 0.860. The lowest BCUT2D eigenvalue weighted by atomic mass is 10.1. The third-order valence-corrected chi connectivity index (χ3v) is 4.32. The van der Waals surface area contributed by atoms with Crippen molar-refractivity contribution in [2.24, 2.45) is 0 Å². The van der Waals surface area contributed by atoms with Crippen molar-refractivity contribution < 1.29 is 0 Å². The largest absolute Gasteiger partial charge is 0.300 e. The predicted octanol–water partition coefficient (Wildman–Crippen LogP) is 4.26. The maximum atomic E-state index is 3.59. The molecule has 18 heavy (non-hydrogen) atoms. The van der Waals surface area contributed by atoms with Gasteiger partial charge in [0, 0.05) is 17.9 Å². The van der Waals surface area contributed by atoms with Crippen LogP contribution in [0.4, 0.5) is 0 Å². The first-order chi connectivity index (χ1) is 8.90. The molecule has 0 radical (unpaired) electrons. The Bertz CT molecular complexity index is 319. The van der Waals surface area contributed by atoms with E-state index in [1.807, 2.05) is 0 Å². The van der Waals surface area contributed by atoms with E-state index in [9.17, 15) is 0 Å². The Balaban J connectivity index is 1.75. The highest BCUT2D eigenvalue weighted by Gasteiger charge is 2.21. The summed E-state index contributed by atoms with van der Waals surface area (Å²) in [5.74, 6) is 0. The van der Waals surface area contributed by atoms with E-state index in [-0.39, 0.29) is 0 Å². The zero-order valence-corrected chi connectivity index (χ0v) is 12.7. The zero-order valence-electron chi connectivity index (χ0n) is 11.2. The van der Waals surface area contributed by atoms with Gasteiger partial charge >= 0.3 is 0 Å². The van der Waals surface area contributed by atoms with Gasteiger partial charge in [0.2, 0.25) is 0 Å². The van der Waals surface area contributed by atoms with Crippen LogP contribution in [-0.2, 0) is 6.42 Å². The van der Waals surface area contributed by atoms with Crippen molar-refractivity contribution in [3.63, 3.8) is 0 Å². The van der Waals surface area contributed by atoms with Crippen LogP contribution in [-0.4, -0.2) is 29.4 Å². The van der Waals surface area contributed by atoms with Crippen molar-refractivity contribution in [1.82, 2.24) is 4.90 Å². The van der Waals surface area contributed by atoms with Crippen LogP contribution in [0.3, 0.4) is 0 Å². The molecule has 0 spiro atoms. The van der Waals surface area contributed by atoms with Crippen LogP contribution in [0.1, 0.15) is 37.7 Å². The SMILES string of the molecule is BrCCN(CCCc1ccccc1)C1CCCC1. The lowest BCUT2D eigenvalue weighted by molar-refractivity contribution is 0.209. The van der Waals surface area contributed by atoms with Crippen molar-refractivity contribution in [3.8, 4) is 0 Å². The Labute approximate surface area is 120 Å². The van der Waals surface area contributed by atoms with Gasteiger partial charge in [-0.25, -0.2) is 0 Å². The summed E-state index contributed by atoms with van der Waals surface area (Å²) >= 11 is 3.59.